The summed E-state index contributed by atoms with van der Waals surface area (Å²) in [5, 5.41) is 5.90. The summed E-state index contributed by atoms with van der Waals surface area (Å²) in [5.74, 6) is -0.111. The van der Waals surface area contributed by atoms with E-state index in [-0.39, 0.29) is 29.0 Å². The minimum atomic E-state index is -0.765. The summed E-state index contributed by atoms with van der Waals surface area (Å²) in [4.78, 5) is 40.9. The van der Waals surface area contributed by atoms with Gasteiger partial charge in [0, 0.05) is 68.0 Å². The maximum atomic E-state index is 13.7. The van der Waals surface area contributed by atoms with Crippen LogP contribution in [0, 0.1) is 5.41 Å². The molecule has 200 valence electrons. The molecule has 0 aliphatic heterocycles. The highest BCUT2D eigenvalue weighted by Crippen LogP contribution is 2.54. The molecule has 2 heterocycles. The summed E-state index contributed by atoms with van der Waals surface area (Å²) in [6.07, 6.45) is 7.23. The number of aromatic nitrogens is 3. The van der Waals surface area contributed by atoms with Crippen LogP contribution in [0.4, 0.5) is 0 Å². The molecule has 4 aromatic rings. The summed E-state index contributed by atoms with van der Waals surface area (Å²) in [6, 6.07) is 12.2. The number of fused-ring (bicyclic) bond motifs is 4. The van der Waals surface area contributed by atoms with Gasteiger partial charge in [-0.15, -0.1) is 0 Å². The Labute approximate surface area is 231 Å². The third kappa shape index (κ3) is 4.97. The molecule has 1 fully saturated rings. The maximum absolute atomic E-state index is 13.7. The Morgan fingerprint density at radius 1 is 1.05 bits per heavy atom. The monoisotopic (exact) mass is 543 g/mol. The molecule has 0 N–H and O–H groups in total. The third-order valence-electron chi connectivity index (χ3n) is 8.17. The Bertz CT molecular complexity index is 1680. The number of Topliss-reactive ketones (excluding diaryl/α,β-unsaturated/α-hetero) is 2. The largest absolute Gasteiger partial charge is 0.385 e. The van der Waals surface area contributed by atoms with E-state index >= 15 is 0 Å². The van der Waals surface area contributed by atoms with Crippen LogP contribution in [0.15, 0.2) is 59.7 Å². The van der Waals surface area contributed by atoms with Crippen molar-refractivity contribution in [2.24, 2.45) is 12.5 Å². The third-order valence-corrected chi connectivity index (χ3v) is 8.40. The Morgan fingerprint density at radius 2 is 1.87 bits per heavy atom. The molecule has 1 spiro atoms. The summed E-state index contributed by atoms with van der Waals surface area (Å²) in [5.41, 5.74) is 4.32. The summed E-state index contributed by atoms with van der Waals surface area (Å²) in [7, 11) is 3.43. The summed E-state index contributed by atoms with van der Waals surface area (Å²) < 4.78 is 8.48. The van der Waals surface area contributed by atoms with Gasteiger partial charge in [0.1, 0.15) is 0 Å². The lowest BCUT2D eigenvalue weighted by Crippen LogP contribution is -2.32. The van der Waals surface area contributed by atoms with Crippen molar-refractivity contribution in [1.29, 1.82) is 0 Å². The van der Waals surface area contributed by atoms with E-state index in [9.17, 15) is 14.4 Å². The first-order chi connectivity index (χ1) is 18.7. The minimum Gasteiger partial charge on any atom is -0.385 e. The predicted octanol–water partition coefficient (Wildman–Crippen LogP) is 5.35. The number of benzene rings is 2. The SMILES string of the molecule is COCCC(C(=O)Cc1ccc2nn(C)cc2c1)n1cc2c(cc1=O)-c1cc(Cl)ccc1CC1(CC1)CC2=O. The lowest BCUT2D eigenvalue weighted by atomic mass is 9.81. The number of carbonyl (C=O) groups excluding carboxylic acids is 2. The van der Waals surface area contributed by atoms with Crippen molar-refractivity contribution in [3.8, 4) is 11.1 Å². The molecule has 2 aromatic carbocycles. The number of hydrogen-bond acceptors (Lipinski definition) is 5. The summed E-state index contributed by atoms with van der Waals surface area (Å²) in [6.45, 7) is 0.303. The average molecular weight is 544 g/mol. The van der Waals surface area contributed by atoms with Crippen molar-refractivity contribution >= 4 is 34.1 Å². The zero-order valence-corrected chi connectivity index (χ0v) is 22.8. The fourth-order valence-corrected chi connectivity index (χ4v) is 6.11. The van der Waals surface area contributed by atoms with Crippen molar-refractivity contribution in [3.05, 3.63) is 86.9 Å². The zero-order valence-electron chi connectivity index (χ0n) is 22.1. The van der Waals surface area contributed by atoms with Crippen LogP contribution >= 0.6 is 11.6 Å². The van der Waals surface area contributed by atoms with E-state index in [0.717, 1.165) is 46.9 Å². The molecule has 8 heteroatoms. The second-order valence-corrected chi connectivity index (χ2v) is 11.5. The number of rotatable bonds is 7. The van der Waals surface area contributed by atoms with Crippen LogP contribution in [0.25, 0.3) is 22.0 Å². The van der Waals surface area contributed by atoms with Crippen molar-refractivity contribution in [3.63, 3.8) is 0 Å². The van der Waals surface area contributed by atoms with E-state index in [1.54, 1.807) is 18.0 Å². The Hall–Kier alpha value is -3.55. The predicted molar refractivity (Wildman–Crippen MR) is 150 cm³/mol. The second kappa shape index (κ2) is 9.88. The molecule has 2 aromatic heterocycles. The first kappa shape index (κ1) is 25.7. The normalized spacial score (nSPS) is 16.4. The van der Waals surface area contributed by atoms with Gasteiger partial charge in [-0.1, -0.05) is 23.7 Å². The minimum absolute atomic E-state index is 0.00171. The summed E-state index contributed by atoms with van der Waals surface area (Å²) >= 11 is 6.36. The van der Waals surface area contributed by atoms with Gasteiger partial charge in [0.15, 0.2) is 11.6 Å². The molecule has 1 atom stereocenters. The van der Waals surface area contributed by atoms with Crippen LogP contribution in [0.2, 0.25) is 5.02 Å². The highest BCUT2D eigenvalue weighted by Gasteiger charge is 2.46. The van der Waals surface area contributed by atoms with Crippen LogP contribution in [-0.2, 0) is 29.4 Å². The van der Waals surface area contributed by atoms with Crippen molar-refractivity contribution < 1.29 is 14.3 Å². The topological polar surface area (TPSA) is 83.2 Å². The average Bonchev–Trinajstić information content (AvgIpc) is 3.54. The van der Waals surface area contributed by atoms with Gasteiger partial charge in [-0.2, -0.15) is 5.10 Å². The Kier molecular flexibility index (Phi) is 6.52. The van der Waals surface area contributed by atoms with E-state index in [2.05, 4.69) is 5.10 Å². The van der Waals surface area contributed by atoms with Gasteiger partial charge in [0.25, 0.3) is 5.56 Å². The van der Waals surface area contributed by atoms with Gasteiger partial charge in [0.2, 0.25) is 0 Å². The van der Waals surface area contributed by atoms with Crippen molar-refractivity contribution in [2.45, 2.75) is 44.6 Å². The smallest absolute Gasteiger partial charge is 0.251 e. The van der Waals surface area contributed by atoms with Gasteiger partial charge >= 0.3 is 0 Å². The number of nitrogens with zero attached hydrogens (tertiary/aromatic N) is 3. The van der Waals surface area contributed by atoms with Crippen LogP contribution in [0.3, 0.4) is 0 Å². The molecular formula is C31H30ClN3O4. The van der Waals surface area contributed by atoms with E-state index in [4.69, 9.17) is 16.3 Å². The Balaban J connectivity index is 1.41. The lowest BCUT2D eigenvalue weighted by molar-refractivity contribution is -0.122. The molecule has 1 saturated carbocycles. The Morgan fingerprint density at radius 3 is 2.64 bits per heavy atom. The molecule has 7 nitrogen and oxygen atoms in total. The molecule has 39 heavy (non-hydrogen) atoms. The first-order valence-electron chi connectivity index (χ1n) is 13.3. The van der Waals surface area contributed by atoms with Crippen LogP contribution in [0.1, 0.15) is 53.2 Å². The van der Waals surface area contributed by atoms with Gasteiger partial charge in [0.05, 0.1) is 11.6 Å². The quantitative estimate of drug-likeness (QED) is 0.313. The fraction of sp³-hybridized carbons (Fsp3) is 0.355. The molecular weight excluding hydrogens is 514 g/mol. The van der Waals surface area contributed by atoms with Gasteiger partial charge in [-0.3, -0.25) is 19.1 Å². The van der Waals surface area contributed by atoms with Gasteiger partial charge in [-0.05, 0) is 77.6 Å². The van der Waals surface area contributed by atoms with E-state index in [1.807, 2.05) is 49.6 Å². The zero-order chi connectivity index (χ0) is 27.3. The van der Waals surface area contributed by atoms with E-state index in [1.165, 1.54) is 10.6 Å². The molecule has 0 amide bonds. The number of pyridine rings is 1. The molecule has 0 radical (unpaired) electrons. The number of methoxy groups -OCH3 is 1. The standard InChI is InChI=1S/C31H30ClN3O4/c1-34-17-21-11-19(3-6-26(21)33-34)12-28(36)27(7-10-39-2)35-18-25-24(14-30(35)38)23-13-22(32)5-4-20(23)15-31(8-9-31)16-29(25)37/h3-6,11,13-14,17-18,27H,7-10,12,15-16H2,1-2H3. The molecule has 0 bridgehead atoms. The van der Waals surface area contributed by atoms with Crippen LogP contribution in [-0.4, -0.2) is 39.6 Å². The highest BCUT2D eigenvalue weighted by atomic mass is 35.5. The second-order valence-electron chi connectivity index (χ2n) is 11.1. The molecule has 2 aliphatic rings. The molecule has 2 aliphatic carbocycles. The number of ether oxygens (including phenoxy) is 1. The first-order valence-corrected chi connectivity index (χ1v) is 13.7. The van der Waals surface area contributed by atoms with Crippen LogP contribution < -0.4 is 5.56 Å². The van der Waals surface area contributed by atoms with Crippen molar-refractivity contribution in [2.75, 3.05) is 13.7 Å². The number of aryl methyl sites for hydroxylation is 1. The fourth-order valence-electron chi connectivity index (χ4n) is 5.94. The number of hydrogen-bond donors (Lipinski definition) is 0. The van der Waals surface area contributed by atoms with E-state index in [0.29, 0.717) is 35.6 Å². The molecule has 0 saturated heterocycles. The molecule has 6 rings (SSSR count). The van der Waals surface area contributed by atoms with E-state index < -0.39 is 6.04 Å². The highest BCUT2D eigenvalue weighted by molar-refractivity contribution is 6.31. The van der Waals surface area contributed by atoms with Gasteiger partial charge in [-0.25, -0.2) is 0 Å². The van der Waals surface area contributed by atoms with Crippen LogP contribution in [0.5, 0.6) is 0 Å². The number of halogens is 1. The lowest BCUT2D eigenvalue weighted by Gasteiger charge is -2.25. The van der Waals surface area contributed by atoms with Gasteiger partial charge < -0.3 is 9.30 Å². The number of ketones is 2. The molecule has 1 unspecified atom stereocenters. The van der Waals surface area contributed by atoms with Crippen molar-refractivity contribution in [1.82, 2.24) is 14.3 Å². The number of carbonyl (C=O) groups is 2. The maximum Gasteiger partial charge on any atom is 0.251 e.